The molecule has 1 unspecified atom stereocenters. The summed E-state index contributed by atoms with van der Waals surface area (Å²) in [5.74, 6) is 1.94. The highest BCUT2D eigenvalue weighted by Gasteiger charge is 2.26. The molecule has 0 radical (unpaired) electrons. The van der Waals surface area contributed by atoms with Crippen molar-refractivity contribution < 1.29 is 9.57 Å². The monoisotopic (exact) mass is 356 g/mol. The van der Waals surface area contributed by atoms with Crippen molar-refractivity contribution in [1.29, 1.82) is 0 Å². The van der Waals surface area contributed by atoms with Crippen LogP contribution in [0.25, 0.3) is 0 Å². The van der Waals surface area contributed by atoms with Crippen LogP contribution in [-0.2, 0) is 4.84 Å². The first-order valence-corrected chi connectivity index (χ1v) is 9.74. The molecule has 1 aromatic carbocycles. The fourth-order valence-electron chi connectivity index (χ4n) is 3.92. The van der Waals surface area contributed by atoms with Gasteiger partial charge in [0, 0.05) is 37.7 Å². The molecule has 0 saturated heterocycles. The summed E-state index contributed by atoms with van der Waals surface area (Å²) in [6.07, 6.45) is 7.04. The number of benzene rings is 1. The second-order valence-corrected chi connectivity index (χ2v) is 7.42. The maximum Gasteiger partial charge on any atom is 0.145 e. The quantitative estimate of drug-likeness (QED) is 0.880. The third-order valence-electron chi connectivity index (χ3n) is 5.45. The predicted molar refractivity (Wildman–Crippen MR) is 103 cm³/mol. The van der Waals surface area contributed by atoms with Crippen molar-refractivity contribution in [2.75, 3.05) is 26.7 Å². The largest absolute Gasteiger partial charge is 0.490 e. The van der Waals surface area contributed by atoms with Crippen LogP contribution in [0, 0.1) is 0 Å². The van der Waals surface area contributed by atoms with Crippen molar-refractivity contribution in [3.8, 4) is 5.75 Å². The number of rotatable bonds is 5. The van der Waals surface area contributed by atoms with Crippen molar-refractivity contribution >= 4 is 11.5 Å². The zero-order chi connectivity index (χ0) is 17.9. The van der Waals surface area contributed by atoms with Crippen LogP contribution in [0.3, 0.4) is 0 Å². The van der Waals surface area contributed by atoms with E-state index in [0.717, 1.165) is 60.8 Å². The summed E-state index contributed by atoms with van der Waals surface area (Å²) in [5, 5.41) is 4.27. The molecule has 140 valence electrons. The molecule has 2 aliphatic heterocycles. The number of oxime groups is 1. The first kappa shape index (κ1) is 17.3. The average Bonchev–Trinajstić information content (AvgIpc) is 3.31. The maximum absolute atomic E-state index is 6.46. The highest BCUT2D eigenvalue weighted by atomic mass is 16.6. The van der Waals surface area contributed by atoms with Crippen LogP contribution in [0.5, 0.6) is 5.75 Å². The van der Waals surface area contributed by atoms with Crippen LogP contribution in [-0.4, -0.2) is 55.3 Å². The number of aliphatic imine (C=N–C) groups is 1. The number of hydrogen-bond acceptors (Lipinski definition) is 6. The fraction of sp³-hybridized carbons (Fsp3) is 0.600. The summed E-state index contributed by atoms with van der Waals surface area (Å²) < 4.78 is 6.46. The SMILES string of the molecule is CN1CCN=C1c1ccc(C2=NOC(CN)C2)c(OC2CCCCC2)c1. The first-order valence-electron chi connectivity index (χ1n) is 9.74. The molecule has 2 N–H and O–H groups in total. The normalized spacial score (nSPS) is 23.6. The lowest BCUT2D eigenvalue weighted by Crippen LogP contribution is -2.25. The smallest absolute Gasteiger partial charge is 0.145 e. The Morgan fingerprint density at radius 3 is 2.81 bits per heavy atom. The molecule has 1 aliphatic carbocycles. The molecule has 26 heavy (non-hydrogen) atoms. The Hall–Kier alpha value is -2.08. The predicted octanol–water partition coefficient (Wildman–Crippen LogP) is 2.54. The van der Waals surface area contributed by atoms with Crippen molar-refractivity contribution in [3.05, 3.63) is 29.3 Å². The molecule has 0 aromatic heterocycles. The van der Waals surface area contributed by atoms with Crippen molar-refractivity contribution in [2.24, 2.45) is 15.9 Å². The molecule has 1 saturated carbocycles. The Bertz CT molecular complexity index is 710. The van der Waals surface area contributed by atoms with Gasteiger partial charge in [0.1, 0.15) is 17.7 Å². The van der Waals surface area contributed by atoms with E-state index in [4.69, 9.17) is 15.3 Å². The standard InChI is InChI=1S/C20H28N4O2/c1-24-10-9-22-20(24)14-7-8-17(18-12-16(13-21)26-23-18)19(11-14)25-15-5-3-2-4-6-15/h7-8,11,15-16H,2-6,9-10,12-13,21H2,1H3. The molecule has 4 rings (SSSR count). The highest BCUT2D eigenvalue weighted by Crippen LogP contribution is 2.30. The third-order valence-corrected chi connectivity index (χ3v) is 5.45. The minimum atomic E-state index is -0.0300. The molecule has 6 nitrogen and oxygen atoms in total. The Morgan fingerprint density at radius 2 is 2.12 bits per heavy atom. The number of likely N-dealkylation sites (N-methyl/N-ethyl adjacent to an activating group) is 1. The van der Waals surface area contributed by atoms with Gasteiger partial charge in [0.25, 0.3) is 0 Å². The van der Waals surface area contributed by atoms with E-state index in [-0.39, 0.29) is 12.2 Å². The number of ether oxygens (including phenoxy) is 1. The van der Waals surface area contributed by atoms with Crippen LogP contribution >= 0.6 is 0 Å². The third kappa shape index (κ3) is 3.56. The van der Waals surface area contributed by atoms with Gasteiger partial charge in [-0.25, -0.2) is 0 Å². The topological polar surface area (TPSA) is 72.4 Å². The maximum atomic E-state index is 6.46. The molecule has 1 fully saturated rings. The molecule has 2 heterocycles. The first-order chi connectivity index (χ1) is 12.7. The lowest BCUT2D eigenvalue weighted by atomic mass is 9.97. The zero-order valence-electron chi connectivity index (χ0n) is 15.5. The van der Waals surface area contributed by atoms with Gasteiger partial charge in [-0.2, -0.15) is 0 Å². The van der Waals surface area contributed by atoms with Crippen LogP contribution in [0.1, 0.15) is 49.7 Å². The van der Waals surface area contributed by atoms with E-state index >= 15 is 0 Å². The lowest BCUT2D eigenvalue weighted by molar-refractivity contribution is 0.0918. The van der Waals surface area contributed by atoms with Gasteiger partial charge in [-0.05, 0) is 37.8 Å². The lowest BCUT2D eigenvalue weighted by Gasteiger charge is -2.25. The summed E-state index contributed by atoms with van der Waals surface area (Å²) in [7, 11) is 2.09. The van der Waals surface area contributed by atoms with Crippen LogP contribution in [0.4, 0.5) is 0 Å². The number of nitrogens with two attached hydrogens (primary N) is 1. The van der Waals surface area contributed by atoms with Crippen LogP contribution in [0.15, 0.2) is 28.3 Å². The molecule has 6 heteroatoms. The van der Waals surface area contributed by atoms with Gasteiger partial charge >= 0.3 is 0 Å². The fourth-order valence-corrected chi connectivity index (χ4v) is 3.92. The Labute approximate surface area is 155 Å². The summed E-state index contributed by atoms with van der Waals surface area (Å²) >= 11 is 0. The van der Waals surface area contributed by atoms with E-state index in [2.05, 4.69) is 40.3 Å². The van der Waals surface area contributed by atoms with Crippen molar-refractivity contribution in [3.63, 3.8) is 0 Å². The molecule has 0 amide bonds. The summed E-state index contributed by atoms with van der Waals surface area (Å²) in [5.41, 5.74) is 8.79. The van der Waals surface area contributed by atoms with Crippen LogP contribution in [0.2, 0.25) is 0 Å². The van der Waals surface area contributed by atoms with E-state index in [9.17, 15) is 0 Å². The molecular formula is C20H28N4O2. The molecule has 1 atom stereocenters. The molecule has 1 aromatic rings. The Balaban J connectivity index is 1.63. The molecular weight excluding hydrogens is 328 g/mol. The van der Waals surface area contributed by atoms with Gasteiger partial charge in [0.15, 0.2) is 0 Å². The highest BCUT2D eigenvalue weighted by molar-refractivity contribution is 6.06. The van der Waals surface area contributed by atoms with E-state index in [0.29, 0.717) is 6.54 Å². The second-order valence-electron chi connectivity index (χ2n) is 7.42. The number of hydrogen-bond donors (Lipinski definition) is 1. The minimum absolute atomic E-state index is 0.0300. The Kier molecular flexibility index (Phi) is 5.11. The molecule has 3 aliphatic rings. The zero-order valence-corrected chi connectivity index (χ0v) is 15.5. The minimum Gasteiger partial charge on any atom is -0.490 e. The number of amidine groups is 1. The van der Waals surface area contributed by atoms with E-state index in [1.165, 1.54) is 19.3 Å². The summed E-state index contributed by atoms with van der Waals surface area (Å²) in [6.45, 7) is 2.30. The number of nitrogens with zero attached hydrogens (tertiary/aromatic N) is 3. The molecule has 0 bridgehead atoms. The van der Waals surface area contributed by atoms with E-state index in [1.54, 1.807) is 0 Å². The molecule has 0 spiro atoms. The van der Waals surface area contributed by atoms with Gasteiger partial charge in [-0.15, -0.1) is 0 Å². The second kappa shape index (κ2) is 7.66. The van der Waals surface area contributed by atoms with E-state index in [1.807, 2.05) is 0 Å². The summed E-state index contributed by atoms with van der Waals surface area (Å²) in [6, 6.07) is 6.34. The summed E-state index contributed by atoms with van der Waals surface area (Å²) in [4.78, 5) is 12.3. The van der Waals surface area contributed by atoms with Crippen molar-refractivity contribution in [2.45, 2.75) is 50.7 Å². The average molecular weight is 356 g/mol. The van der Waals surface area contributed by atoms with E-state index < -0.39 is 0 Å². The van der Waals surface area contributed by atoms with Crippen LogP contribution < -0.4 is 10.5 Å². The van der Waals surface area contributed by atoms with Gasteiger partial charge in [-0.3, -0.25) is 4.99 Å². The van der Waals surface area contributed by atoms with Gasteiger partial charge < -0.3 is 20.2 Å². The van der Waals surface area contributed by atoms with Gasteiger partial charge in [-0.1, -0.05) is 17.6 Å². The Morgan fingerprint density at radius 1 is 1.27 bits per heavy atom. The van der Waals surface area contributed by atoms with Crippen molar-refractivity contribution in [1.82, 2.24) is 4.90 Å². The van der Waals surface area contributed by atoms with Gasteiger partial charge in [0.2, 0.25) is 0 Å². The van der Waals surface area contributed by atoms with Gasteiger partial charge in [0.05, 0.1) is 18.4 Å².